The molecule has 5 nitrogen and oxygen atoms in total. The summed E-state index contributed by atoms with van der Waals surface area (Å²) in [5.74, 6) is 2.51. The van der Waals surface area contributed by atoms with Crippen LogP contribution in [0.2, 0.25) is 0 Å². The minimum atomic E-state index is 0.517. The molecule has 3 heterocycles. The van der Waals surface area contributed by atoms with Gasteiger partial charge in [-0.3, -0.25) is 4.90 Å². The minimum Gasteiger partial charge on any atom is -0.337 e. The Morgan fingerprint density at radius 1 is 1.12 bits per heavy atom. The number of hydrogen-bond acceptors (Lipinski definition) is 4. The highest BCUT2D eigenvalue weighted by Crippen LogP contribution is 2.27. The Hall–Kier alpha value is -2.53. The molecule has 0 aliphatic carbocycles. The molecule has 1 aliphatic rings. The molecule has 0 unspecified atom stereocenters. The van der Waals surface area contributed by atoms with Gasteiger partial charge < -0.3 is 4.57 Å². The number of aromatic nitrogens is 4. The number of rotatable bonds is 4. The van der Waals surface area contributed by atoms with E-state index in [1.807, 2.05) is 42.7 Å². The van der Waals surface area contributed by atoms with E-state index in [9.17, 15) is 0 Å². The molecule has 0 saturated carbocycles. The average Bonchev–Trinajstić information content (AvgIpc) is 3.22. The highest BCUT2D eigenvalue weighted by Gasteiger charge is 2.27. The van der Waals surface area contributed by atoms with Gasteiger partial charge in [0.15, 0.2) is 5.82 Å². The van der Waals surface area contributed by atoms with E-state index < -0.39 is 0 Å². The van der Waals surface area contributed by atoms with Crippen molar-refractivity contribution in [1.82, 2.24) is 24.4 Å². The fraction of sp³-hybridized carbons (Fsp3) is 0.350. The third-order valence-electron chi connectivity index (χ3n) is 4.81. The Labute approximate surface area is 148 Å². The summed E-state index contributed by atoms with van der Waals surface area (Å²) in [7, 11) is 2.09. The normalized spacial score (nSPS) is 17.9. The molecule has 0 radical (unpaired) electrons. The van der Waals surface area contributed by atoms with Gasteiger partial charge in [0.25, 0.3) is 0 Å². The first kappa shape index (κ1) is 16.0. The van der Waals surface area contributed by atoms with Crippen molar-refractivity contribution in [2.24, 2.45) is 7.05 Å². The highest BCUT2D eigenvalue weighted by molar-refractivity contribution is 5.53. The molecular weight excluding hydrogens is 310 g/mol. The Morgan fingerprint density at radius 3 is 2.56 bits per heavy atom. The summed E-state index contributed by atoms with van der Waals surface area (Å²) in [4.78, 5) is 16.2. The van der Waals surface area contributed by atoms with Gasteiger partial charge >= 0.3 is 0 Å². The second-order valence-electron chi connectivity index (χ2n) is 6.85. The van der Waals surface area contributed by atoms with Crippen LogP contribution in [-0.4, -0.2) is 37.5 Å². The van der Waals surface area contributed by atoms with Gasteiger partial charge in [0, 0.05) is 55.8 Å². The molecule has 0 amide bonds. The first-order valence-corrected chi connectivity index (χ1v) is 8.77. The van der Waals surface area contributed by atoms with Crippen LogP contribution in [0.15, 0.2) is 48.9 Å². The molecule has 1 fully saturated rings. The van der Waals surface area contributed by atoms with Crippen molar-refractivity contribution in [2.45, 2.75) is 25.8 Å². The number of likely N-dealkylation sites (tertiary alicyclic amines) is 1. The van der Waals surface area contributed by atoms with Crippen molar-refractivity contribution < 1.29 is 0 Å². The largest absolute Gasteiger partial charge is 0.337 e. The fourth-order valence-corrected chi connectivity index (χ4v) is 3.63. The topological polar surface area (TPSA) is 46.8 Å². The molecule has 5 heteroatoms. The highest BCUT2D eigenvalue weighted by atomic mass is 15.2. The smallest absolute Gasteiger partial charge is 0.159 e. The Morgan fingerprint density at radius 2 is 1.88 bits per heavy atom. The van der Waals surface area contributed by atoms with E-state index in [0.29, 0.717) is 5.92 Å². The molecule has 128 valence electrons. The molecule has 1 saturated heterocycles. The maximum Gasteiger partial charge on any atom is 0.159 e. The van der Waals surface area contributed by atoms with E-state index >= 15 is 0 Å². The standard InChI is InChI=1S/C20H23N5/c1-15-12-24(2)20(23-15)18-8-9-25(14-18)13-16-10-21-19(22-11-16)17-6-4-3-5-7-17/h3-7,10-12,18H,8-9,13-14H2,1-2H3/t18-/m1/s1. The maximum atomic E-state index is 4.69. The molecule has 0 spiro atoms. The predicted molar refractivity (Wildman–Crippen MR) is 98.0 cm³/mol. The summed E-state index contributed by atoms with van der Waals surface area (Å²) in [6.45, 7) is 5.10. The van der Waals surface area contributed by atoms with Gasteiger partial charge in [-0.05, 0) is 19.9 Å². The number of benzene rings is 1. The van der Waals surface area contributed by atoms with Crippen molar-refractivity contribution in [1.29, 1.82) is 0 Å². The lowest BCUT2D eigenvalue weighted by Gasteiger charge is -2.16. The van der Waals surface area contributed by atoms with Crippen LogP contribution in [-0.2, 0) is 13.6 Å². The molecule has 1 aliphatic heterocycles. The van der Waals surface area contributed by atoms with Crippen LogP contribution < -0.4 is 0 Å². The van der Waals surface area contributed by atoms with E-state index in [0.717, 1.165) is 48.7 Å². The average molecular weight is 333 g/mol. The van der Waals surface area contributed by atoms with E-state index in [2.05, 4.69) is 39.6 Å². The number of nitrogens with zero attached hydrogens (tertiary/aromatic N) is 5. The van der Waals surface area contributed by atoms with Crippen LogP contribution in [0.4, 0.5) is 0 Å². The summed E-state index contributed by atoms with van der Waals surface area (Å²) < 4.78 is 2.17. The number of aryl methyl sites for hydroxylation is 2. The second kappa shape index (κ2) is 6.76. The monoisotopic (exact) mass is 333 g/mol. The van der Waals surface area contributed by atoms with E-state index in [4.69, 9.17) is 4.98 Å². The van der Waals surface area contributed by atoms with Gasteiger partial charge in [0.1, 0.15) is 5.82 Å². The Bertz CT molecular complexity index is 838. The van der Waals surface area contributed by atoms with Gasteiger partial charge in [-0.15, -0.1) is 0 Å². The summed E-state index contributed by atoms with van der Waals surface area (Å²) in [6.07, 6.45) is 7.17. The van der Waals surface area contributed by atoms with Crippen molar-refractivity contribution in [3.63, 3.8) is 0 Å². The van der Waals surface area contributed by atoms with Gasteiger partial charge in [-0.2, -0.15) is 0 Å². The summed E-state index contributed by atoms with van der Waals surface area (Å²) >= 11 is 0. The molecule has 3 aromatic rings. The van der Waals surface area contributed by atoms with Crippen LogP contribution in [0, 0.1) is 6.92 Å². The third kappa shape index (κ3) is 3.46. The van der Waals surface area contributed by atoms with E-state index in [1.54, 1.807) is 0 Å². The van der Waals surface area contributed by atoms with Crippen LogP contribution in [0.25, 0.3) is 11.4 Å². The van der Waals surface area contributed by atoms with Crippen molar-refractivity contribution in [3.05, 3.63) is 66.0 Å². The molecule has 2 aromatic heterocycles. The molecule has 0 N–H and O–H groups in total. The third-order valence-corrected chi connectivity index (χ3v) is 4.81. The lowest BCUT2D eigenvalue weighted by molar-refractivity contribution is 0.324. The van der Waals surface area contributed by atoms with E-state index in [-0.39, 0.29) is 0 Å². The van der Waals surface area contributed by atoms with Gasteiger partial charge in [0.2, 0.25) is 0 Å². The second-order valence-corrected chi connectivity index (χ2v) is 6.85. The minimum absolute atomic E-state index is 0.517. The predicted octanol–water partition coefficient (Wildman–Crippen LogP) is 3.18. The van der Waals surface area contributed by atoms with E-state index in [1.165, 1.54) is 5.82 Å². The first-order chi connectivity index (χ1) is 12.2. The van der Waals surface area contributed by atoms with Gasteiger partial charge in [-0.1, -0.05) is 30.3 Å². The molecular formula is C20H23N5. The zero-order valence-electron chi connectivity index (χ0n) is 14.8. The molecule has 0 bridgehead atoms. The summed E-state index contributed by atoms with van der Waals surface area (Å²) in [5.41, 5.74) is 3.32. The molecule has 1 atom stereocenters. The van der Waals surface area contributed by atoms with Gasteiger partial charge in [-0.25, -0.2) is 15.0 Å². The lowest BCUT2D eigenvalue weighted by Crippen LogP contribution is -2.20. The van der Waals surface area contributed by atoms with Crippen molar-refractivity contribution >= 4 is 0 Å². The number of imidazole rings is 1. The molecule has 4 rings (SSSR count). The lowest BCUT2D eigenvalue weighted by atomic mass is 10.1. The van der Waals surface area contributed by atoms with Crippen LogP contribution in [0.5, 0.6) is 0 Å². The van der Waals surface area contributed by atoms with Crippen LogP contribution >= 0.6 is 0 Å². The maximum absolute atomic E-state index is 4.69. The SMILES string of the molecule is Cc1cn(C)c([C@@H]2CCN(Cc3cnc(-c4ccccc4)nc3)C2)n1. The zero-order chi connectivity index (χ0) is 17.2. The fourth-order valence-electron chi connectivity index (χ4n) is 3.63. The zero-order valence-corrected chi connectivity index (χ0v) is 14.8. The summed E-state index contributed by atoms with van der Waals surface area (Å²) in [6, 6.07) is 10.1. The first-order valence-electron chi connectivity index (χ1n) is 8.77. The van der Waals surface area contributed by atoms with Crippen LogP contribution in [0.3, 0.4) is 0 Å². The molecule has 25 heavy (non-hydrogen) atoms. The quantitative estimate of drug-likeness (QED) is 0.736. The summed E-state index contributed by atoms with van der Waals surface area (Å²) in [5, 5.41) is 0. The Balaban J connectivity index is 1.41. The number of hydrogen-bond donors (Lipinski definition) is 0. The Kier molecular flexibility index (Phi) is 4.32. The van der Waals surface area contributed by atoms with Crippen molar-refractivity contribution in [2.75, 3.05) is 13.1 Å². The van der Waals surface area contributed by atoms with Crippen LogP contribution in [0.1, 0.15) is 29.4 Å². The molecule has 1 aromatic carbocycles. The van der Waals surface area contributed by atoms with Crippen molar-refractivity contribution in [3.8, 4) is 11.4 Å². The van der Waals surface area contributed by atoms with Gasteiger partial charge in [0.05, 0.1) is 5.69 Å².